The lowest BCUT2D eigenvalue weighted by Gasteiger charge is -2.32. The van der Waals surface area contributed by atoms with Crippen molar-refractivity contribution < 1.29 is 9.59 Å². The monoisotopic (exact) mass is 373 g/mol. The van der Waals surface area contributed by atoms with Crippen molar-refractivity contribution in [1.82, 2.24) is 4.90 Å². The average molecular weight is 374 g/mol. The number of carbonyl (C=O) groups is 2. The van der Waals surface area contributed by atoms with Crippen LogP contribution in [0.3, 0.4) is 0 Å². The van der Waals surface area contributed by atoms with E-state index >= 15 is 0 Å². The Morgan fingerprint density at radius 2 is 1.78 bits per heavy atom. The van der Waals surface area contributed by atoms with Crippen molar-refractivity contribution in [1.29, 1.82) is 0 Å². The molecule has 0 unspecified atom stereocenters. The largest absolute Gasteiger partial charge is 0.372 e. The van der Waals surface area contributed by atoms with Gasteiger partial charge in [0.05, 0.1) is 0 Å². The molecule has 5 nitrogen and oxygen atoms in total. The van der Waals surface area contributed by atoms with Gasteiger partial charge in [0.2, 0.25) is 11.8 Å². The number of rotatable bonds is 9. The second-order valence-electron chi connectivity index (χ2n) is 7.73. The Morgan fingerprint density at radius 3 is 2.37 bits per heavy atom. The molecule has 2 amide bonds. The first-order valence-electron chi connectivity index (χ1n) is 10.4. The molecule has 1 heterocycles. The van der Waals surface area contributed by atoms with Crippen LogP contribution in [0.15, 0.2) is 24.3 Å². The Hall–Kier alpha value is -2.04. The molecule has 0 spiro atoms. The summed E-state index contributed by atoms with van der Waals surface area (Å²) in [6.07, 6.45) is 6.04. The zero-order valence-corrected chi connectivity index (χ0v) is 17.2. The van der Waals surface area contributed by atoms with E-state index < -0.39 is 0 Å². The predicted octanol–water partition coefficient (Wildman–Crippen LogP) is 4.29. The second-order valence-corrected chi connectivity index (χ2v) is 7.73. The molecule has 0 atom stereocenters. The fourth-order valence-electron chi connectivity index (χ4n) is 3.46. The zero-order chi connectivity index (χ0) is 19.6. The summed E-state index contributed by atoms with van der Waals surface area (Å²) < 4.78 is 0. The summed E-state index contributed by atoms with van der Waals surface area (Å²) in [5, 5.41) is 2.95. The van der Waals surface area contributed by atoms with Gasteiger partial charge in [-0.25, -0.2) is 0 Å². The Balaban J connectivity index is 1.78. The number of benzene rings is 1. The first-order chi connectivity index (χ1) is 13.0. The molecule has 1 aromatic rings. The third-order valence-corrected chi connectivity index (χ3v) is 5.39. The summed E-state index contributed by atoms with van der Waals surface area (Å²) in [5.74, 6) is 0.812. The molecular formula is C22H35N3O2. The third kappa shape index (κ3) is 7.24. The topological polar surface area (TPSA) is 52.7 Å². The highest BCUT2D eigenvalue weighted by atomic mass is 16.2. The van der Waals surface area contributed by atoms with E-state index in [0.717, 1.165) is 50.5 Å². The maximum absolute atomic E-state index is 12.2. The van der Waals surface area contributed by atoms with Crippen LogP contribution in [-0.4, -0.2) is 42.9 Å². The van der Waals surface area contributed by atoms with E-state index in [2.05, 4.69) is 36.2 Å². The number of hydrogen-bond donors (Lipinski definition) is 1. The van der Waals surface area contributed by atoms with Crippen LogP contribution in [0.25, 0.3) is 0 Å². The SMILES string of the molecule is CCCCCN(CCC(=O)Nc1ccc(N2CCC(C)CC2)cc1)C(C)=O. The highest BCUT2D eigenvalue weighted by Gasteiger charge is 2.16. The summed E-state index contributed by atoms with van der Waals surface area (Å²) in [6, 6.07) is 8.10. The third-order valence-electron chi connectivity index (χ3n) is 5.39. The molecule has 0 aromatic heterocycles. The van der Waals surface area contributed by atoms with E-state index in [1.54, 1.807) is 11.8 Å². The highest BCUT2D eigenvalue weighted by molar-refractivity contribution is 5.91. The summed E-state index contributed by atoms with van der Waals surface area (Å²) in [4.78, 5) is 28.1. The lowest BCUT2D eigenvalue weighted by Crippen LogP contribution is -2.33. The van der Waals surface area contributed by atoms with Gasteiger partial charge in [0.25, 0.3) is 0 Å². The van der Waals surface area contributed by atoms with Crippen LogP contribution in [0.1, 0.15) is 59.3 Å². The molecule has 150 valence electrons. The molecular weight excluding hydrogens is 338 g/mol. The van der Waals surface area contributed by atoms with Gasteiger partial charge in [-0.05, 0) is 49.4 Å². The molecule has 1 aliphatic heterocycles. The average Bonchev–Trinajstić information content (AvgIpc) is 2.65. The van der Waals surface area contributed by atoms with E-state index in [-0.39, 0.29) is 11.8 Å². The van der Waals surface area contributed by atoms with Gasteiger partial charge < -0.3 is 15.1 Å². The van der Waals surface area contributed by atoms with Gasteiger partial charge in [-0.2, -0.15) is 0 Å². The van der Waals surface area contributed by atoms with Crippen LogP contribution < -0.4 is 10.2 Å². The number of nitrogens with zero attached hydrogens (tertiary/aromatic N) is 2. The van der Waals surface area contributed by atoms with Gasteiger partial charge in [0, 0.05) is 50.9 Å². The fraction of sp³-hybridized carbons (Fsp3) is 0.636. The number of piperidine rings is 1. The van der Waals surface area contributed by atoms with Gasteiger partial charge in [-0.3, -0.25) is 9.59 Å². The van der Waals surface area contributed by atoms with Crippen molar-refractivity contribution in [3.8, 4) is 0 Å². The number of amides is 2. The number of anilines is 2. The Morgan fingerprint density at radius 1 is 1.11 bits per heavy atom. The van der Waals surface area contributed by atoms with Gasteiger partial charge in [-0.15, -0.1) is 0 Å². The zero-order valence-electron chi connectivity index (χ0n) is 17.2. The molecule has 1 fully saturated rings. The maximum Gasteiger partial charge on any atom is 0.226 e. The van der Waals surface area contributed by atoms with Crippen molar-refractivity contribution in [2.75, 3.05) is 36.4 Å². The molecule has 1 saturated heterocycles. The normalized spacial score (nSPS) is 14.9. The standard InChI is InChI=1S/C22H35N3O2/c1-4-5-6-14-24(19(3)26)17-13-22(27)23-20-7-9-21(10-8-20)25-15-11-18(2)12-16-25/h7-10,18H,4-6,11-17H2,1-3H3,(H,23,27). The molecule has 0 saturated carbocycles. The Kier molecular flexibility index (Phi) is 8.62. The van der Waals surface area contributed by atoms with E-state index in [1.807, 2.05) is 12.1 Å². The van der Waals surface area contributed by atoms with Gasteiger partial charge in [-0.1, -0.05) is 26.7 Å². The Bertz CT molecular complexity index is 592. The predicted molar refractivity (Wildman–Crippen MR) is 112 cm³/mol. The lowest BCUT2D eigenvalue weighted by molar-refractivity contribution is -0.129. The summed E-state index contributed by atoms with van der Waals surface area (Å²) >= 11 is 0. The minimum absolute atomic E-state index is 0.0408. The minimum Gasteiger partial charge on any atom is -0.372 e. The van der Waals surface area contributed by atoms with Crippen LogP contribution in [0.5, 0.6) is 0 Å². The fourth-order valence-corrected chi connectivity index (χ4v) is 3.46. The molecule has 2 rings (SSSR count). The quantitative estimate of drug-likeness (QED) is 0.657. The van der Waals surface area contributed by atoms with Gasteiger partial charge >= 0.3 is 0 Å². The summed E-state index contributed by atoms with van der Waals surface area (Å²) in [7, 11) is 0. The van der Waals surface area contributed by atoms with Crippen LogP contribution in [-0.2, 0) is 9.59 Å². The van der Waals surface area contributed by atoms with Gasteiger partial charge in [0.15, 0.2) is 0 Å². The van der Waals surface area contributed by atoms with Crippen molar-refractivity contribution in [2.24, 2.45) is 5.92 Å². The number of carbonyl (C=O) groups excluding carboxylic acids is 2. The van der Waals surface area contributed by atoms with Crippen molar-refractivity contribution in [3.05, 3.63) is 24.3 Å². The molecule has 0 radical (unpaired) electrons. The van der Waals surface area contributed by atoms with Crippen molar-refractivity contribution in [2.45, 2.75) is 59.3 Å². The summed E-state index contributed by atoms with van der Waals surface area (Å²) in [5.41, 5.74) is 2.04. The number of unbranched alkanes of at least 4 members (excludes halogenated alkanes) is 2. The Labute approximate surface area is 164 Å². The highest BCUT2D eigenvalue weighted by Crippen LogP contribution is 2.24. The molecule has 1 aromatic carbocycles. The molecule has 27 heavy (non-hydrogen) atoms. The molecule has 0 aliphatic carbocycles. The van der Waals surface area contributed by atoms with Crippen LogP contribution >= 0.6 is 0 Å². The molecule has 1 aliphatic rings. The van der Waals surface area contributed by atoms with E-state index in [4.69, 9.17) is 0 Å². The maximum atomic E-state index is 12.2. The van der Waals surface area contributed by atoms with Crippen molar-refractivity contribution in [3.63, 3.8) is 0 Å². The first kappa shape index (κ1) is 21.3. The molecule has 1 N–H and O–H groups in total. The van der Waals surface area contributed by atoms with E-state index in [0.29, 0.717) is 13.0 Å². The summed E-state index contributed by atoms with van der Waals surface area (Å²) in [6.45, 7) is 9.45. The van der Waals surface area contributed by atoms with Crippen LogP contribution in [0.2, 0.25) is 0 Å². The smallest absolute Gasteiger partial charge is 0.226 e. The lowest BCUT2D eigenvalue weighted by atomic mass is 9.99. The van der Waals surface area contributed by atoms with Crippen LogP contribution in [0.4, 0.5) is 11.4 Å². The number of nitrogens with one attached hydrogen (secondary N) is 1. The molecule has 0 bridgehead atoms. The first-order valence-corrected chi connectivity index (χ1v) is 10.4. The second kappa shape index (κ2) is 11.0. The van der Waals surface area contributed by atoms with Crippen molar-refractivity contribution >= 4 is 23.2 Å². The number of hydrogen-bond acceptors (Lipinski definition) is 3. The van der Waals surface area contributed by atoms with Crippen LogP contribution in [0, 0.1) is 5.92 Å². The minimum atomic E-state index is -0.0451. The van der Waals surface area contributed by atoms with E-state index in [1.165, 1.54) is 18.5 Å². The van der Waals surface area contributed by atoms with E-state index in [9.17, 15) is 9.59 Å². The molecule has 5 heteroatoms. The van der Waals surface area contributed by atoms with Gasteiger partial charge in [0.1, 0.15) is 0 Å².